The van der Waals surface area contributed by atoms with Crippen LogP contribution >= 0.6 is 0 Å². The van der Waals surface area contributed by atoms with Gasteiger partial charge in [0, 0.05) is 0 Å². The number of aliphatic hydroxyl groups excluding tert-OH is 1. The summed E-state index contributed by atoms with van der Waals surface area (Å²) in [6.07, 6.45) is 0.798. The molecule has 3 atom stereocenters. The summed E-state index contributed by atoms with van der Waals surface area (Å²) >= 11 is 0. The lowest BCUT2D eigenvalue weighted by Crippen LogP contribution is -2.36. The van der Waals surface area contributed by atoms with E-state index in [1.165, 1.54) is 13.8 Å². The van der Waals surface area contributed by atoms with Crippen LogP contribution in [0.5, 0.6) is 0 Å². The Bertz CT molecular complexity index is 385. The zero-order valence-corrected chi connectivity index (χ0v) is 12.0. The smallest absolute Gasteiger partial charge is 0.264 e. The summed E-state index contributed by atoms with van der Waals surface area (Å²) in [4.78, 5) is 0. The third-order valence-corrected chi connectivity index (χ3v) is 3.76. The van der Waals surface area contributed by atoms with Gasteiger partial charge >= 0.3 is 0 Å². The van der Waals surface area contributed by atoms with Crippen LogP contribution in [0.2, 0.25) is 0 Å². The van der Waals surface area contributed by atoms with Gasteiger partial charge in [0.25, 0.3) is 10.1 Å². The van der Waals surface area contributed by atoms with Gasteiger partial charge in [-0.05, 0) is 33.6 Å². The van der Waals surface area contributed by atoms with E-state index in [2.05, 4.69) is 4.18 Å². The van der Waals surface area contributed by atoms with Crippen LogP contribution in [0, 0.1) is 0 Å². The standard InChI is InChI=1S/C11H22O6S/c1-10(2,13)8(12)5-6-11(3)9(17-11)7-16-18(4,14)15/h8-9,12-13H,5-7H2,1-4H3/t8?,9-,11-/m0/s1. The number of ether oxygens (including phenoxy) is 1. The summed E-state index contributed by atoms with van der Waals surface area (Å²) in [6.45, 7) is 4.91. The molecule has 18 heavy (non-hydrogen) atoms. The third-order valence-electron chi connectivity index (χ3n) is 3.20. The monoisotopic (exact) mass is 282 g/mol. The highest BCUT2D eigenvalue weighted by molar-refractivity contribution is 7.85. The van der Waals surface area contributed by atoms with Crippen molar-refractivity contribution in [3.8, 4) is 0 Å². The van der Waals surface area contributed by atoms with E-state index in [4.69, 9.17) is 4.74 Å². The summed E-state index contributed by atoms with van der Waals surface area (Å²) in [5.41, 5.74) is -1.62. The predicted octanol–water partition coefficient (Wildman–Crippen LogP) is 0.0321. The molecule has 1 fully saturated rings. The first kappa shape index (κ1) is 15.8. The van der Waals surface area contributed by atoms with Crippen molar-refractivity contribution in [1.29, 1.82) is 0 Å². The summed E-state index contributed by atoms with van der Waals surface area (Å²) in [6, 6.07) is 0. The Morgan fingerprint density at radius 1 is 1.50 bits per heavy atom. The Kier molecular flexibility index (Phi) is 4.45. The molecule has 1 aliphatic heterocycles. The molecular weight excluding hydrogens is 260 g/mol. The van der Waals surface area contributed by atoms with E-state index in [1.807, 2.05) is 6.92 Å². The molecule has 0 saturated carbocycles. The van der Waals surface area contributed by atoms with Crippen LogP contribution in [0.15, 0.2) is 0 Å². The Morgan fingerprint density at radius 2 is 2.06 bits per heavy atom. The molecule has 2 N–H and O–H groups in total. The van der Waals surface area contributed by atoms with Crippen molar-refractivity contribution < 1.29 is 27.6 Å². The maximum Gasteiger partial charge on any atom is 0.264 e. The summed E-state index contributed by atoms with van der Waals surface area (Å²) in [5.74, 6) is 0. The molecule has 0 aromatic carbocycles. The van der Waals surface area contributed by atoms with Crippen molar-refractivity contribution in [3.63, 3.8) is 0 Å². The van der Waals surface area contributed by atoms with Gasteiger partial charge in [0.1, 0.15) is 6.10 Å². The van der Waals surface area contributed by atoms with Crippen molar-refractivity contribution >= 4 is 10.1 Å². The Balaban J connectivity index is 2.33. The van der Waals surface area contributed by atoms with E-state index < -0.39 is 27.4 Å². The van der Waals surface area contributed by atoms with Crippen LogP contribution in [-0.2, 0) is 19.0 Å². The van der Waals surface area contributed by atoms with E-state index in [9.17, 15) is 18.6 Å². The Hall–Kier alpha value is -0.210. The molecule has 0 spiro atoms. The molecule has 1 saturated heterocycles. The first-order valence-electron chi connectivity index (χ1n) is 5.87. The molecule has 1 unspecified atom stereocenters. The Morgan fingerprint density at radius 3 is 2.50 bits per heavy atom. The van der Waals surface area contributed by atoms with Crippen LogP contribution in [0.3, 0.4) is 0 Å². The van der Waals surface area contributed by atoms with E-state index in [1.54, 1.807) is 0 Å². The molecule has 1 aliphatic rings. The van der Waals surface area contributed by atoms with Crippen LogP contribution in [0.1, 0.15) is 33.6 Å². The fraction of sp³-hybridized carbons (Fsp3) is 1.00. The van der Waals surface area contributed by atoms with Crippen molar-refractivity contribution in [1.82, 2.24) is 0 Å². The van der Waals surface area contributed by atoms with Crippen molar-refractivity contribution in [2.24, 2.45) is 0 Å². The van der Waals surface area contributed by atoms with E-state index >= 15 is 0 Å². The molecule has 0 aliphatic carbocycles. The van der Waals surface area contributed by atoms with E-state index in [0.717, 1.165) is 6.26 Å². The molecule has 0 aromatic heterocycles. The van der Waals surface area contributed by atoms with E-state index in [0.29, 0.717) is 12.8 Å². The largest absolute Gasteiger partial charge is 0.390 e. The van der Waals surface area contributed by atoms with Crippen molar-refractivity contribution in [2.45, 2.75) is 57.0 Å². The lowest BCUT2D eigenvalue weighted by Gasteiger charge is -2.25. The number of hydrogen-bond acceptors (Lipinski definition) is 6. The minimum atomic E-state index is -3.45. The van der Waals surface area contributed by atoms with Gasteiger partial charge in [-0.25, -0.2) is 0 Å². The molecule has 108 valence electrons. The molecular formula is C11H22O6S. The average molecular weight is 282 g/mol. The normalized spacial score (nSPS) is 30.2. The van der Waals surface area contributed by atoms with Gasteiger partial charge in [0.05, 0.1) is 30.2 Å². The summed E-state index contributed by atoms with van der Waals surface area (Å²) in [5, 5.41) is 19.3. The van der Waals surface area contributed by atoms with Gasteiger partial charge in [-0.15, -0.1) is 0 Å². The van der Waals surface area contributed by atoms with Gasteiger partial charge in [-0.2, -0.15) is 8.42 Å². The van der Waals surface area contributed by atoms with Gasteiger partial charge in [0.15, 0.2) is 0 Å². The number of aliphatic hydroxyl groups is 2. The van der Waals surface area contributed by atoms with Crippen LogP contribution in [0.25, 0.3) is 0 Å². The van der Waals surface area contributed by atoms with Gasteiger partial charge in [-0.1, -0.05) is 0 Å². The lowest BCUT2D eigenvalue weighted by atomic mass is 9.92. The zero-order chi connectivity index (χ0) is 14.2. The van der Waals surface area contributed by atoms with Crippen LogP contribution in [-0.4, -0.2) is 54.9 Å². The van der Waals surface area contributed by atoms with E-state index in [-0.39, 0.29) is 12.7 Å². The average Bonchev–Trinajstić information content (AvgIpc) is 2.81. The molecule has 0 bridgehead atoms. The quantitative estimate of drug-likeness (QED) is 0.505. The second kappa shape index (κ2) is 5.05. The molecule has 1 heterocycles. The SMILES string of the molecule is CC(C)(O)C(O)CC[C@]1(C)O[C@H]1COS(C)(=O)=O. The molecule has 0 amide bonds. The molecule has 0 aromatic rings. The maximum atomic E-state index is 10.8. The summed E-state index contributed by atoms with van der Waals surface area (Å²) < 4.78 is 31.7. The van der Waals surface area contributed by atoms with Crippen molar-refractivity contribution in [2.75, 3.05) is 12.9 Å². The predicted molar refractivity (Wildman–Crippen MR) is 65.6 cm³/mol. The number of epoxide rings is 1. The highest BCUT2D eigenvalue weighted by atomic mass is 32.2. The molecule has 0 radical (unpaired) electrons. The fourth-order valence-corrected chi connectivity index (χ4v) is 2.05. The highest BCUT2D eigenvalue weighted by Gasteiger charge is 2.52. The maximum absolute atomic E-state index is 10.8. The summed E-state index contributed by atoms with van der Waals surface area (Å²) in [7, 11) is -3.45. The molecule has 6 nitrogen and oxygen atoms in total. The van der Waals surface area contributed by atoms with Crippen LogP contribution < -0.4 is 0 Å². The lowest BCUT2D eigenvalue weighted by molar-refractivity contribution is -0.0539. The highest BCUT2D eigenvalue weighted by Crippen LogP contribution is 2.41. The first-order chi connectivity index (χ1) is 7.94. The van der Waals surface area contributed by atoms with Crippen LogP contribution in [0.4, 0.5) is 0 Å². The van der Waals surface area contributed by atoms with Crippen molar-refractivity contribution in [3.05, 3.63) is 0 Å². The topological polar surface area (TPSA) is 96.4 Å². The number of hydrogen-bond donors (Lipinski definition) is 2. The minimum Gasteiger partial charge on any atom is -0.390 e. The van der Waals surface area contributed by atoms with Gasteiger partial charge in [0.2, 0.25) is 0 Å². The zero-order valence-electron chi connectivity index (χ0n) is 11.2. The first-order valence-corrected chi connectivity index (χ1v) is 7.68. The second-order valence-corrected chi connectivity index (χ2v) is 7.26. The number of rotatable bonds is 7. The third kappa shape index (κ3) is 4.81. The minimum absolute atomic E-state index is 0.00601. The van der Waals surface area contributed by atoms with Gasteiger partial charge < -0.3 is 14.9 Å². The Labute approximate surface area is 108 Å². The second-order valence-electron chi connectivity index (χ2n) is 5.62. The molecule has 7 heteroatoms. The van der Waals surface area contributed by atoms with Gasteiger partial charge in [-0.3, -0.25) is 4.18 Å². The fourth-order valence-electron chi connectivity index (χ4n) is 1.68. The molecule has 1 rings (SSSR count).